The van der Waals surface area contributed by atoms with Crippen LogP contribution in [0.15, 0.2) is 33.4 Å². The molecule has 6 nitrogen and oxygen atoms in total. The van der Waals surface area contributed by atoms with E-state index in [1.165, 1.54) is 32.5 Å². The summed E-state index contributed by atoms with van der Waals surface area (Å²) < 4.78 is 8.48. The van der Waals surface area contributed by atoms with Crippen LogP contribution >= 0.6 is 15.9 Å². The third-order valence-corrected chi connectivity index (χ3v) is 5.82. The van der Waals surface area contributed by atoms with Gasteiger partial charge >= 0.3 is 0 Å². The van der Waals surface area contributed by atoms with Crippen molar-refractivity contribution in [3.63, 3.8) is 0 Å². The van der Waals surface area contributed by atoms with E-state index >= 15 is 0 Å². The number of rotatable bonds is 5. The van der Waals surface area contributed by atoms with E-state index in [0.717, 1.165) is 42.1 Å². The Balaban J connectivity index is 1.29. The molecule has 2 saturated heterocycles. The zero-order valence-electron chi connectivity index (χ0n) is 14.9. The summed E-state index contributed by atoms with van der Waals surface area (Å²) in [6.07, 6.45) is 8.49. The van der Waals surface area contributed by atoms with Crippen LogP contribution in [-0.4, -0.2) is 58.2 Å². The first-order chi connectivity index (χ1) is 12.7. The molecule has 1 amide bonds. The molecule has 0 spiro atoms. The van der Waals surface area contributed by atoms with Crippen molar-refractivity contribution >= 4 is 21.8 Å². The molecule has 2 aliphatic rings. The summed E-state index contributed by atoms with van der Waals surface area (Å²) >= 11 is 3.38. The first-order valence-electron chi connectivity index (χ1n) is 9.46. The topological polar surface area (TPSA) is 54.5 Å². The molecule has 2 aliphatic heterocycles. The van der Waals surface area contributed by atoms with Gasteiger partial charge in [0.2, 0.25) is 0 Å². The minimum atomic E-state index is 0.0116. The number of piperidine rings is 1. The summed E-state index contributed by atoms with van der Waals surface area (Å²) in [5.41, 5.74) is 0. The smallest absolute Gasteiger partial charge is 0.289 e. The molecule has 0 N–H and O–H groups in total. The maximum absolute atomic E-state index is 12.7. The maximum Gasteiger partial charge on any atom is 0.289 e. The molecule has 7 heteroatoms. The minimum absolute atomic E-state index is 0.0116. The van der Waals surface area contributed by atoms with Crippen LogP contribution in [0.2, 0.25) is 0 Å². The molecule has 4 heterocycles. The average Bonchev–Trinajstić information content (AvgIpc) is 3.39. The lowest BCUT2D eigenvalue weighted by atomic mass is 9.96. The molecule has 0 bridgehead atoms. The highest BCUT2D eigenvalue weighted by Crippen LogP contribution is 2.22. The van der Waals surface area contributed by atoms with Gasteiger partial charge in [-0.3, -0.25) is 9.48 Å². The van der Waals surface area contributed by atoms with Crippen LogP contribution in [0.25, 0.3) is 0 Å². The SMILES string of the molecule is O=C(c1ccc(Cn2cc(Br)cn2)o1)N1CCC(CN2CCCC2)CC1. The molecule has 4 rings (SSSR count). The van der Waals surface area contributed by atoms with E-state index in [9.17, 15) is 4.79 Å². The summed E-state index contributed by atoms with van der Waals surface area (Å²) in [6, 6.07) is 3.65. The van der Waals surface area contributed by atoms with E-state index in [-0.39, 0.29) is 5.91 Å². The second-order valence-electron chi connectivity index (χ2n) is 7.37. The number of hydrogen-bond donors (Lipinski definition) is 0. The number of nitrogens with zero attached hydrogens (tertiary/aromatic N) is 4. The second kappa shape index (κ2) is 7.96. The predicted octanol–water partition coefficient (Wildman–Crippen LogP) is 3.23. The fourth-order valence-corrected chi connectivity index (χ4v) is 4.30. The summed E-state index contributed by atoms with van der Waals surface area (Å²) in [4.78, 5) is 17.2. The van der Waals surface area contributed by atoms with Gasteiger partial charge in [0.05, 0.1) is 17.2 Å². The van der Waals surface area contributed by atoms with Gasteiger partial charge < -0.3 is 14.2 Å². The number of amides is 1. The molecule has 0 atom stereocenters. The second-order valence-corrected chi connectivity index (χ2v) is 8.28. The van der Waals surface area contributed by atoms with Gasteiger partial charge in [-0.1, -0.05) is 0 Å². The van der Waals surface area contributed by atoms with Crippen LogP contribution in [0.3, 0.4) is 0 Å². The van der Waals surface area contributed by atoms with Crippen molar-refractivity contribution in [3.8, 4) is 0 Å². The molecule has 0 unspecified atom stereocenters. The molecule has 140 valence electrons. The number of likely N-dealkylation sites (tertiary alicyclic amines) is 2. The highest BCUT2D eigenvalue weighted by atomic mass is 79.9. The molecule has 0 aliphatic carbocycles. The Morgan fingerprint density at radius 1 is 1.19 bits per heavy atom. The van der Waals surface area contributed by atoms with Crippen LogP contribution in [0, 0.1) is 5.92 Å². The quantitative estimate of drug-likeness (QED) is 0.744. The van der Waals surface area contributed by atoms with E-state index in [0.29, 0.717) is 12.3 Å². The van der Waals surface area contributed by atoms with E-state index in [1.807, 2.05) is 17.2 Å². The van der Waals surface area contributed by atoms with Crippen LogP contribution in [0.4, 0.5) is 0 Å². The maximum atomic E-state index is 12.7. The van der Waals surface area contributed by atoms with Crippen molar-refractivity contribution in [1.82, 2.24) is 19.6 Å². The van der Waals surface area contributed by atoms with Crippen LogP contribution < -0.4 is 0 Å². The van der Waals surface area contributed by atoms with Crippen molar-refractivity contribution < 1.29 is 9.21 Å². The van der Waals surface area contributed by atoms with Gasteiger partial charge in [-0.25, -0.2) is 0 Å². The summed E-state index contributed by atoms with van der Waals surface area (Å²) in [6.45, 7) is 5.89. The Hall–Kier alpha value is -1.60. The van der Waals surface area contributed by atoms with E-state index < -0.39 is 0 Å². The zero-order chi connectivity index (χ0) is 17.9. The number of furan rings is 1. The Bertz CT molecular complexity index is 742. The number of carbonyl (C=O) groups excluding carboxylic acids is 1. The number of halogens is 1. The molecule has 26 heavy (non-hydrogen) atoms. The van der Waals surface area contributed by atoms with Gasteiger partial charge in [0.25, 0.3) is 5.91 Å². The highest BCUT2D eigenvalue weighted by molar-refractivity contribution is 9.10. The Morgan fingerprint density at radius 3 is 2.65 bits per heavy atom. The first kappa shape index (κ1) is 17.8. The van der Waals surface area contributed by atoms with Gasteiger partial charge in [-0.2, -0.15) is 5.10 Å². The molecular formula is C19H25BrN4O2. The Labute approximate surface area is 162 Å². The lowest BCUT2D eigenvalue weighted by Gasteiger charge is -2.33. The third kappa shape index (κ3) is 4.20. The molecule has 2 fully saturated rings. The van der Waals surface area contributed by atoms with Crippen LogP contribution in [0.5, 0.6) is 0 Å². The fraction of sp³-hybridized carbons (Fsp3) is 0.579. The summed E-state index contributed by atoms with van der Waals surface area (Å²) in [5.74, 6) is 1.91. The monoisotopic (exact) mass is 420 g/mol. The highest BCUT2D eigenvalue weighted by Gasteiger charge is 2.27. The van der Waals surface area contributed by atoms with Crippen molar-refractivity contribution in [2.24, 2.45) is 5.92 Å². The lowest BCUT2D eigenvalue weighted by Crippen LogP contribution is -2.41. The van der Waals surface area contributed by atoms with Gasteiger partial charge in [-0.05, 0) is 72.8 Å². The molecular weight excluding hydrogens is 396 g/mol. The fourth-order valence-electron chi connectivity index (χ4n) is 3.97. The van der Waals surface area contributed by atoms with Gasteiger partial charge in [0.1, 0.15) is 5.76 Å². The number of carbonyl (C=O) groups is 1. The van der Waals surface area contributed by atoms with Crippen molar-refractivity contribution in [1.29, 1.82) is 0 Å². The van der Waals surface area contributed by atoms with Crippen molar-refractivity contribution in [2.45, 2.75) is 32.2 Å². The molecule has 2 aromatic heterocycles. The largest absolute Gasteiger partial charge is 0.454 e. The van der Waals surface area contributed by atoms with Crippen LogP contribution in [0.1, 0.15) is 42.0 Å². The van der Waals surface area contributed by atoms with E-state index in [1.54, 1.807) is 16.9 Å². The summed E-state index contributed by atoms with van der Waals surface area (Å²) in [7, 11) is 0. The molecule has 0 saturated carbocycles. The predicted molar refractivity (Wildman–Crippen MR) is 102 cm³/mol. The standard InChI is InChI=1S/C19H25BrN4O2/c20-16-11-21-24(13-16)14-17-3-4-18(26-17)19(25)23-9-5-15(6-10-23)12-22-7-1-2-8-22/h3-4,11,13,15H,1-2,5-10,12,14H2. The summed E-state index contributed by atoms with van der Waals surface area (Å²) in [5, 5.41) is 4.22. The van der Waals surface area contributed by atoms with Gasteiger partial charge in [0, 0.05) is 25.8 Å². The Morgan fingerprint density at radius 2 is 1.96 bits per heavy atom. The number of aromatic nitrogens is 2. The zero-order valence-corrected chi connectivity index (χ0v) is 16.5. The first-order valence-corrected chi connectivity index (χ1v) is 10.2. The molecule has 0 radical (unpaired) electrons. The number of hydrogen-bond acceptors (Lipinski definition) is 4. The molecule has 2 aromatic rings. The molecule has 0 aromatic carbocycles. The average molecular weight is 421 g/mol. The van der Waals surface area contributed by atoms with Gasteiger partial charge in [-0.15, -0.1) is 0 Å². The van der Waals surface area contributed by atoms with Crippen LogP contribution in [-0.2, 0) is 6.54 Å². The van der Waals surface area contributed by atoms with Crippen molar-refractivity contribution in [2.75, 3.05) is 32.7 Å². The van der Waals surface area contributed by atoms with Gasteiger partial charge in [0.15, 0.2) is 5.76 Å². The normalized spacial score (nSPS) is 19.3. The third-order valence-electron chi connectivity index (χ3n) is 5.41. The lowest BCUT2D eigenvalue weighted by molar-refractivity contribution is 0.0639. The Kier molecular flexibility index (Phi) is 5.45. The van der Waals surface area contributed by atoms with Crippen molar-refractivity contribution in [3.05, 3.63) is 40.5 Å². The van der Waals surface area contributed by atoms with E-state index in [2.05, 4.69) is 25.9 Å². The minimum Gasteiger partial charge on any atom is -0.454 e. The van der Waals surface area contributed by atoms with E-state index in [4.69, 9.17) is 4.42 Å².